The standard InChI is InChI=1S/C21H20ClN3O4/c22-17-10-14(11-18-20(17)29-13-28-18)3-4-19(26)25-8-5-16(6-9-25)24-21(27)15-2-1-7-23-12-15/h1-4,7,10-12,16H,5-6,8-9,13H2,(H,24,27)/b4-3+. The smallest absolute Gasteiger partial charge is 0.253 e. The first-order valence-corrected chi connectivity index (χ1v) is 9.75. The molecule has 0 unspecified atom stereocenters. The molecule has 0 aliphatic carbocycles. The van der Waals surface area contributed by atoms with Gasteiger partial charge in [0.2, 0.25) is 12.7 Å². The molecule has 0 saturated carbocycles. The Kier molecular flexibility index (Phi) is 5.67. The Morgan fingerprint density at radius 2 is 2.07 bits per heavy atom. The van der Waals surface area contributed by atoms with Gasteiger partial charge in [0, 0.05) is 37.6 Å². The SMILES string of the molecule is O=C(NC1CCN(C(=O)/C=C/c2cc(Cl)c3c(c2)OCO3)CC1)c1cccnc1. The Bertz CT molecular complexity index is 940. The van der Waals surface area contributed by atoms with Crippen LogP contribution in [0.15, 0.2) is 42.7 Å². The van der Waals surface area contributed by atoms with Crippen molar-refractivity contribution in [3.8, 4) is 11.5 Å². The summed E-state index contributed by atoms with van der Waals surface area (Å²) >= 11 is 6.17. The maximum atomic E-state index is 12.5. The summed E-state index contributed by atoms with van der Waals surface area (Å²) in [5, 5.41) is 3.46. The minimum Gasteiger partial charge on any atom is -0.454 e. The van der Waals surface area contributed by atoms with Crippen LogP contribution in [0, 0.1) is 0 Å². The molecule has 1 aromatic heterocycles. The van der Waals surface area contributed by atoms with Crippen molar-refractivity contribution in [3.63, 3.8) is 0 Å². The van der Waals surface area contributed by atoms with E-state index < -0.39 is 0 Å². The predicted molar refractivity (Wildman–Crippen MR) is 108 cm³/mol. The number of carbonyl (C=O) groups is 2. The van der Waals surface area contributed by atoms with Crippen molar-refractivity contribution in [2.45, 2.75) is 18.9 Å². The van der Waals surface area contributed by atoms with Gasteiger partial charge >= 0.3 is 0 Å². The number of piperidine rings is 1. The number of halogens is 1. The average Bonchev–Trinajstić information content (AvgIpc) is 3.22. The van der Waals surface area contributed by atoms with E-state index in [4.69, 9.17) is 21.1 Å². The van der Waals surface area contributed by atoms with Crippen LogP contribution in [0.25, 0.3) is 6.08 Å². The number of ether oxygens (including phenoxy) is 2. The topological polar surface area (TPSA) is 80.8 Å². The van der Waals surface area contributed by atoms with Crippen molar-refractivity contribution in [2.75, 3.05) is 19.9 Å². The molecule has 29 heavy (non-hydrogen) atoms. The molecule has 0 bridgehead atoms. The van der Waals surface area contributed by atoms with Gasteiger partial charge in [-0.1, -0.05) is 11.6 Å². The molecule has 0 atom stereocenters. The molecule has 2 aliphatic rings. The van der Waals surface area contributed by atoms with E-state index in [1.54, 1.807) is 47.6 Å². The van der Waals surface area contributed by atoms with Gasteiger partial charge in [-0.3, -0.25) is 14.6 Å². The quantitative estimate of drug-likeness (QED) is 0.779. The van der Waals surface area contributed by atoms with Crippen LogP contribution in [-0.4, -0.2) is 47.6 Å². The lowest BCUT2D eigenvalue weighted by Gasteiger charge is -2.31. The fourth-order valence-corrected chi connectivity index (χ4v) is 3.64. The predicted octanol–water partition coefficient (Wildman–Crippen LogP) is 2.90. The fraction of sp³-hybridized carbons (Fsp3) is 0.286. The molecule has 8 heteroatoms. The lowest BCUT2D eigenvalue weighted by Crippen LogP contribution is -2.46. The summed E-state index contributed by atoms with van der Waals surface area (Å²) in [6.07, 6.45) is 7.84. The number of likely N-dealkylation sites (tertiary alicyclic amines) is 1. The van der Waals surface area contributed by atoms with E-state index >= 15 is 0 Å². The fourth-order valence-electron chi connectivity index (χ4n) is 3.37. The molecule has 2 amide bonds. The number of benzene rings is 1. The summed E-state index contributed by atoms with van der Waals surface area (Å²) in [6, 6.07) is 7.03. The van der Waals surface area contributed by atoms with Gasteiger partial charge in [0.1, 0.15) is 0 Å². The van der Waals surface area contributed by atoms with Gasteiger partial charge in [-0.2, -0.15) is 0 Å². The molecule has 7 nitrogen and oxygen atoms in total. The summed E-state index contributed by atoms with van der Waals surface area (Å²) in [6.45, 7) is 1.32. The molecule has 0 radical (unpaired) electrons. The Balaban J connectivity index is 1.30. The second-order valence-corrected chi connectivity index (χ2v) is 7.29. The van der Waals surface area contributed by atoms with Gasteiger partial charge in [0.05, 0.1) is 10.6 Å². The van der Waals surface area contributed by atoms with E-state index in [1.807, 2.05) is 0 Å². The average molecular weight is 414 g/mol. The summed E-state index contributed by atoms with van der Waals surface area (Å²) in [5.41, 5.74) is 1.31. The molecule has 1 saturated heterocycles. The maximum absolute atomic E-state index is 12.5. The van der Waals surface area contributed by atoms with Gasteiger partial charge in [0.15, 0.2) is 11.5 Å². The van der Waals surface area contributed by atoms with E-state index in [1.165, 1.54) is 6.08 Å². The zero-order valence-electron chi connectivity index (χ0n) is 15.6. The zero-order chi connectivity index (χ0) is 20.2. The van der Waals surface area contributed by atoms with E-state index in [9.17, 15) is 9.59 Å². The van der Waals surface area contributed by atoms with Gasteiger partial charge in [0.25, 0.3) is 5.91 Å². The van der Waals surface area contributed by atoms with Crippen LogP contribution in [0.4, 0.5) is 0 Å². The van der Waals surface area contributed by atoms with Gasteiger partial charge in [-0.05, 0) is 48.7 Å². The third-order valence-corrected chi connectivity index (χ3v) is 5.21. The van der Waals surface area contributed by atoms with E-state index in [0.29, 0.717) is 48.0 Å². The van der Waals surface area contributed by atoms with Crippen LogP contribution in [0.2, 0.25) is 5.02 Å². The van der Waals surface area contributed by atoms with E-state index in [-0.39, 0.29) is 24.6 Å². The van der Waals surface area contributed by atoms with Crippen molar-refractivity contribution in [1.29, 1.82) is 0 Å². The third kappa shape index (κ3) is 4.51. The molecule has 1 aromatic carbocycles. The summed E-state index contributed by atoms with van der Waals surface area (Å²) in [4.78, 5) is 30.5. The monoisotopic (exact) mass is 413 g/mol. The number of nitrogens with zero attached hydrogens (tertiary/aromatic N) is 2. The van der Waals surface area contributed by atoms with Crippen LogP contribution in [0.3, 0.4) is 0 Å². The highest BCUT2D eigenvalue weighted by molar-refractivity contribution is 6.32. The second kappa shape index (κ2) is 8.53. The van der Waals surface area contributed by atoms with Crippen LogP contribution < -0.4 is 14.8 Å². The number of aromatic nitrogens is 1. The summed E-state index contributed by atoms with van der Waals surface area (Å²) in [7, 11) is 0. The Morgan fingerprint density at radius 1 is 1.24 bits per heavy atom. The van der Waals surface area contributed by atoms with Crippen molar-refractivity contribution in [2.24, 2.45) is 0 Å². The normalized spacial score (nSPS) is 16.2. The number of nitrogens with one attached hydrogen (secondary N) is 1. The molecule has 0 spiro atoms. The molecule has 150 valence electrons. The maximum Gasteiger partial charge on any atom is 0.253 e. The number of hydrogen-bond donors (Lipinski definition) is 1. The van der Waals surface area contributed by atoms with Crippen molar-refractivity contribution < 1.29 is 19.1 Å². The molecular weight excluding hydrogens is 394 g/mol. The number of amides is 2. The number of pyridine rings is 1. The lowest BCUT2D eigenvalue weighted by molar-refractivity contribution is -0.126. The Labute approximate surface area is 173 Å². The van der Waals surface area contributed by atoms with Crippen LogP contribution in [0.5, 0.6) is 11.5 Å². The van der Waals surface area contributed by atoms with Crippen molar-refractivity contribution in [3.05, 3.63) is 58.9 Å². The molecular formula is C21H20ClN3O4. The molecule has 1 fully saturated rings. The Hall–Kier alpha value is -3.06. The van der Waals surface area contributed by atoms with Gasteiger partial charge in [-0.25, -0.2) is 0 Å². The Morgan fingerprint density at radius 3 is 2.83 bits per heavy atom. The van der Waals surface area contributed by atoms with Crippen molar-refractivity contribution in [1.82, 2.24) is 15.2 Å². The van der Waals surface area contributed by atoms with Crippen molar-refractivity contribution >= 4 is 29.5 Å². The van der Waals surface area contributed by atoms with E-state index in [2.05, 4.69) is 10.3 Å². The molecule has 2 aromatic rings. The first kappa shape index (κ1) is 19.3. The molecule has 1 N–H and O–H groups in total. The van der Waals surface area contributed by atoms with Crippen LogP contribution >= 0.6 is 11.6 Å². The number of fused-ring (bicyclic) bond motifs is 1. The minimum absolute atomic E-state index is 0.0448. The molecule has 4 rings (SSSR count). The van der Waals surface area contributed by atoms with E-state index in [0.717, 1.165) is 5.56 Å². The lowest BCUT2D eigenvalue weighted by atomic mass is 10.0. The first-order valence-electron chi connectivity index (χ1n) is 9.37. The molecule has 2 aliphatic heterocycles. The van der Waals surface area contributed by atoms with Gasteiger partial charge in [-0.15, -0.1) is 0 Å². The highest BCUT2D eigenvalue weighted by atomic mass is 35.5. The highest BCUT2D eigenvalue weighted by Gasteiger charge is 2.23. The number of carbonyl (C=O) groups excluding carboxylic acids is 2. The zero-order valence-corrected chi connectivity index (χ0v) is 16.4. The second-order valence-electron chi connectivity index (χ2n) is 6.88. The van der Waals surface area contributed by atoms with Crippen LogP contribution in [0.1, 0.15) is 28.8 Å². The summed E-state index contributed by atoms with van der Waals surface area (Å²) < 4.78 is 10.6. The van der Waals surface area contributed by atoms with Gasteiger partial charge < -0.3 is 19.7 Å². The first-order chi connectivity index (χ1) is 14.1. The minimum atomic E-state index is -0.137. The number of hydrogen-bond acceptors (Lipinski definition) is 5. The largest absolute Gasteiger partial charge is 0.454 e. The number of rotatable bonds is 4. The third-order valence-electron chi connectivity index (χ3n) is 4.93. The highest BCUT2D eigenvalue weighted by Crippen LogP contribution is 2.40. The summed E-state index contributed by atoms with van der Waals surface area (Å²) in [5.74, 6) is 0.901. The van der Waals surface area contributed by atoms with Crippen LogP contribution in [-0.2, 0) is 4.79 Å². The molecule has 3 heterocycles.